The van der Waals surface area contributed by atoms with Crippen LogP contribution in [-0.4, -0.2) is 30.0 Å². The molecule has 0 aromatic carbocycles. The van der Waals surface area contributed by atoms with E-state index in [1.165, 1.54) is 0 Å². The SMILES string of the molecule is CC[C@@H](NC(=O)[C@@H]1CCCN(c2ccccn2)C1)C(C)C. The van der Waals surface area contributed by atoms with E-state index < -0.39 is 0 Å². The van der Waals surface area contributed by atoms with Crippen molar-refractivity contribution in [2.24, 2.45) is 11.8 Å². The van der Waals surface area contributed by atoms with Gasteiger partial charge in [-0.2, -0.15) is 0 Å². The Morgan fingerprint density at radius 3 is 2.90 bits per heavy atom. The standard InChI is InChI=1S/C17H27N3O/c1-4-15(13(2)3)19-17(21)14-8-7-11-20(12-14)16-9-5-6-10-18-16/h5-6,9-10,13-15H,4,7-8,11-12H2,1-3H3,(H,19,21)/t14-,15-/m1/s1. The summed E-state index contributed by atoms with van der Waals surface area (Å²) in [5, 5.41) is 3.22. The first-order chi connectivity index (χ1) is 10.1. The highest BCUT2D eigenvalue weighted by molar-refractivity contribution is 5.79. The molecule has 1 aromatic heterocycles. The van der Waals surface area contributed by atoms with Crippen molar-refractivity contribution in [1.82, 2.24) is 10.3 Å². The number of nitrogens with zero attached hydrogens (tertiary/aromatic N) is 2. The van der Waals surface area contributed by atoms with Gasteiger partial charge in [0.2, 0.25) is 5.91 Å². The highest BCUT2D eigenvalue weighted by Crippen LogP contribution is 2.22. The van der Waals surface area contributed by atoms with Gasteiger partial charge in [-0.3, -0.25) is 4.79 Å². The topological polar surface area (TPSA) is 45.2 Å². The van der Waals surface area contributed by atoms with Crippen LogP contribution in [0.1, 0.15) is 40.0 Å². The molecule has 2 rings (SSSR count). The molecule has 2 atom stereocenters. The average molecular weight is 289 g/mol. The van der Waals surface area contributed by atoms with Crippen LogP contribution in [0.15, 0.2) is 24.4 Å². The maximum atomic E-state index is 12.5. The molecule has 0 aliphatic carbocycles. The molecule has 1 saturated heterocycles. The number of rotatable bonds is 5. The fraction of sp³-hybridized carbons (Fsp3) is 0.647. The first-order valence-electron chi connectivity index (χ1n) is 8.08. The zero-order valence-corrected chi connectivity index (χ0v) is 13.4. The molecule has 1 N–H and O–H groups in total. The van der Waals surface area contributed by atoms with Crippen LogP contribution in [0.5, 0.6) is 0 Å². The molecule has 0 unspecified atom stereocenters. The maximum Gasteiger partial charge on any atom is 0.225 e. The first kappa shape index (κ1) is 15.8. The Morgan fingerprint density at radius 1 is 1.48 bits per heavy atom. The molecule has 0 bridgehead atoms. The molecule has 0 spiro atoms. The molecule has 0 saturated carbocycles. The van der Waals surface area contributed by atoms with Gasteiger partial charge in [0.05, 0.1) is 5.92 Å². The lowest BCUT2D eigenvalue weighted by Crippen LogP contribution is -2.47. The molecule has 21 heavy (non-hydrogen) atoms. The largest absolute Gasteiger partial charge is 0.356 e. The molecule has 1 amide bonds. The van der Waals surface area contributed by atoms with Gasteiger partial charge in [0, 0.05) is 25.3 Å². The van der Waals surface area contributed by atoms with Gasteiger partial charge in [-0.25, -0.2) is 4.98 Å². The van der Waals surface area contributed by atoms with E-state index in [0.717, 1.165) is 38.2 Å². The van der Waals surface area contributed by atoms with E-state index in [1.807, 2.05) is 24.4 Å². The van der Waals surface area contributed by atoms with Crippen molar-refractivity contribution in [1.29, 1.82) is 0 Å². The summed E-state index contributed by atoms with van der Waals surface area (Å²) >= 11 is 0. The quantitative estimate of drug-likeness (QED) is 0.906. The summed E-state index contributed by atoms with van der Waals surface area (Å²) in [6.45, 7) is 8.22. The van der Waals surface area contributed by atoms with E-state index in [-0.39, 0.29) is 17.9 Å². The van der Waals surface area contributed by atoms with Crippen molar-refractivity contribution >= 4 is 11.7 Å². The molecule has 116 valence electrons. The summed E-state index contributed by atoms with van der Waals surface area (Å²) in [5.74, 6) is 1.74. The van der Waals surface area contributed by atoms with Crippen molar-refractivity contribution in [2.75, 3.05) is 18.0 Å². The molecule has 1 aliphatic heterocycles. The third kappa shape index (κ3) is 4.19. The van der Waals surface area contributed by atoms with Crippen LogP contribution in [0, 0.1) is 11.8 Å². The third-order valence-corrected chi connectivity index (χ3v) is 4.34. The number of piperidine rings is 1. The maximum absolute atomic E-state index is 12.5. The lowest BCUT2D eigenvalue weighted by Gasteiger charge is -2.34. The number of carbonyl (C=O) groups is 1. The van der Waals surface area contributed by atoms with Gasteiger partial charge in [-0.05, 0) is 37.3 Å². The number of anilines is 1. The molecule has 4 nitrogen and oxygen atoms in total. The molecule has 0 radical (unpaired) electrons. The van der Waals surface area contributed by atoms with Gasteiger partial charge in [0.25, 0.3) is 0 Å². The van der Waals surface area contributed by atoms with Gasteiger partial charge in [-0.1, -0.05) is 26.8 Å². The highest BCUT2D eigenvalue weighted by Gasteiger charge is 2.28. The minimum absolute atomic E-state index is 0.0774. The summed E-state index contributed by atoms with van der Waals surface area (Å²) < 4.78 is 0. The first-order valence-corrected chi connectivity index (χ1v) is 8.08. The molecular formula is C17H27N3O. The van der Waals surface area contributed by atoms with E-state index in [0.29, 0.717) is 5.92 Å². The van der Waals surface area contributed by atoms with E-state index in [9.17, 15) is 4.79 Å². The number of carbonyl (C=O) groups excluding carboxylic acids is 1. The predicted octanol–water partition coefficient (Wildman–Crippen LogP) is 2.85. The molecule has 1 fully saturated rings. The highest BCUT2D eigenvalue weighted by atomic mass is 16.2. The van der Waals surface area contributed by atoms with Crippen LogP contribution in [0.3, 0.4) is 0 Å². The molecule has 1 aliphatic rings. The van der Waals surface area contributed by atoms with Crippen molar-refractivity contribution < 1.29 is 4.79 Å². The van der Waals surface area contributed by atoms with Crippen LogP contribution in [-0.2, 0) is 4.79 Å². The van der Waals surface area contributed by atoms with Crippen LogP contribution >= 0.6 is 0 Å². The lowest BCUT2D eigenvalue weighted by molar-refractivity contribution is -0.126. The number of nitrogens with one attached hydrogen (secondary N) is 1. The zero-order valence-electron chi connectivity index (χ0n) is 13.4. The van der Waals surface area contributed by atoms with Gasteiger partial charge < -0.3 is 10.2 Å². The van der Waals surface area contributed by atoms with Crippen LogP contribution in [0.4, 0.5) is 5.82 Å². The van der Waals surface area contributed by atoms with Crippen molar-refractivity contribution in [3.05, 3.63) is 24.4 Å². The third-order valence-electron chi connectivity index (χ3n) is 4.34. The zero-order chi connectivity index (χ0) is 15.2. The second kappa shape index (κ2) is 7.43. The van der Waals surface area contributed by atoms with Crippen LogP contribution in [0.25, 0.3) is 0 Å². The second-order valence-electron chi connectivity index (χ2n) is 6.24. The fourth-order valence-corrected chi connectivity index (χ4v) is 2.98. The Hall–Kier alpha value is -1.58. The van der Waals surface area contributed by atoms with Gasteiger partial charge in [0.1, 0.15) is 5.82 Å². The van der Waals surface area contributed by atoms with Crippen molar-refractivity contribution in [2.45, 2.75) is 46.1 Å². The van der Waals surface area contributed by atoms with E-state index in [1.54, 1.807) is 0 Å². The number of amides is 1. The summed E-state index contributed by atoms with van der Waals surface area (Å²) in [4.78, 5) is 19.1. The Labute approximate surface area is 127 Å². The second-order valence-corrected chi connectivity index (χ2v) is 6.24. The lowest BCUT2D eigenvalue weighted by atomic mass is 9.95. The predicted molar refractivity (Wildman–Crippen MR) is 86.2 cm³/mol. The number of hydrogen-bond donors (Lipinski definition) is 1. The summed E-state index contributed by atoms with van der Waals surface area (Å²) in [6.07, 6.45) is 4.82. The van der Waals surface area contributed by atoms with E-state index >= 15 is 0 Å². The molecule has 4 heteroatoms. The molecule has 2 heterocycles. The van der Waals surface area contributed by atoms with Crippen molar-refractivity contribution in [3.63, 3.8) is 0 Å². The summed E-state index contributed by atoms with van der Waals surface area (Å²) in [6, 6.07) is 6.22. The van der Waals surface area contributed by atoms with E-state index in [2.05, 4.69) is 36.0 Å². The summed E-state index contributed by atoms with van der Waals surface area (Å²) in [5.41, 5.74) is 0. The number of aromatic nitrogens is 1. The van der Waals surface area contributed by atoms with Crippen LogP contribution < -0.4 is 10.2 Å². The van der Waals surface area contributed by atoms with E-state index in [4.69, 9.17) is 0 Å². The smallest absolute Gasteiger partial charge is 0.225 e. The molecule has 1 aromatic rings. The molecular weight excluding hydrogens is 262 g/mol. The van der Waals surface area contributed by atoms with Gasteiger partial charge in [0.15, 0.2) is 0 Å². The minimum Gasteiger partial charge on any atom is -0.356 e. The number of hydrogen-bond acceptors (Lipinski definition) is 3. The Morgan fingerprint density at radius 2 is 2.29 bits per heavy atom. The summed E-state index contributed by atoms with van der Waals surface area (Å²) in [7, 11) is 0. The van der Waals surface area contributed by atoms with Crippen LogP contribution in [0.2, 0.25) is 0 Å². The Balaban J connectivity index is 1.96. The fourth-order valence-electron chi connectivity index (χ4n) is 2.98. The van der Waals surface area contributed by atoms with Gasteiger partial charge in [-0.15, -0.1) is 0 Å². The Kier molecular flexibility index (Phi) is 5.59. The average Bonchev–Trinajstić information content (AvgIpc) is 2.53. The normalized spacial score (nSPS) is 20.4. The number of pyridine rings is 1. The Bertz CT molecular complexity index is 447. The monoisotopic (exact) mass is 289 g/mol. The van der Waals surface area contributed by atoms with Gasteiger partial charge >= 0.3 is 0 Å². The van der Waals surface area contributed by atoms with Crippen molar-refractivity contribution in [3.8, 4) is 0 Å². The minimum atomic E-state index is 0.0774.